The number of aromatic nitrogens is 3. The Bertz CT molecular complexity index is 1180. The number of rotatable bonds is 6. The normalized spacial score (nSPS) is 11.1. The number of benzene rings is 2. The summed E-state index contributed by atoms with van der Waals surface area (Å²) >= 11 is 0. The summed E-state index contributed by atoms with van der Waals surface area (Å²) in [7, 11) is 0. The van der Waals surface area contributed by atoms with E-state index in [1.165, 1.54) is 5.56 Å². The Hall–Kier alpha value is -3.41. The maximum absolute atomic E-state index is 12.8. The van der Waals surface area contributed by atoms with Crippen LogP contribution in [0.3, 0.4) is 0 Å². The molecule has 0 aliphatic heterocycles. The van der Waals surface area contributed by atoms with E-state index in [0.717, 1.165) is 40.7 Å². The third-order valence-corrected chi connectivity index (χ3v) is 4.77. The lowest BCUT2D eigenvalue weighted by Crippen LogP contribution is -2.13. The summed E-state index contributed by atoms with van der Waals surface area (Å²) in [6.07, 6.45) is 0.927. The lowest BCUT2D eigenvalue weighted by Gasteiger charge is -2.05. The van der Waals surface area contributed by atoms with Crippen molar-refractivity contribution in [1.29, 1.82) is 0 Å². The monoisotopic (exact) mass is 388 g/mol. The number of nitrogens with one attached hydrogen (secondary N) is 1. The van der Waals surface area contributed by atoms with Gasteiger partial charge in [-0.15, -0.1) is 0 Å². The van der Waals surface area contributed by atoms with Gasteiger partial charge >= 0.3 is 0 Å². The van der Waals surface area contributed by atoms with Crippen molar-refractivity contribution >= 4 is 33.7 Å². The van der Waals surface area contributed by atoms with Crippen LogP contribution in [-0.4, -0.2) is 27.3 Å². The van der Waals surface area contributed by atoms with Gasteiger partial charge in [0.25, 0.3) is 5.91 Å². The van der Waals surface area contributed by atoms with Crippen molar-refractivity contribution in [3.05, 3.63) is 59.7 Å². The van der Waals surface area contributed by atoms with E-state index in [0.29, 0.717) is 18.0 Å². The Morgan fingerprint density at radius 1 is 1.10 bits per heavy atom. The molecule has 0 spiro atoms. The van der Waals surface area contributed by atoms with Crippen LogP contribution in [0.4, 0.5) is 5.82 Å². The quantitative estimate of drug-likeness (QED) is 0.507. The van der Waals surface area contributed by atoms with Gasteiger partial charge in [-0.2, -0.15) is 5.10 Å². The van der Waals surface area contributed by atoms with Crippen molar-refractivity contribution < 1.29 is 9.53 Å². The minimum Gasteiger partial charge on any atom is -0.494 e. The van der Waals surface area contributed by atoms with Gasteiger partial charge in [-0.3, -0.25) is 4.79 Å². The van der Waals surface area contributed by atoms with E-state index in [1.807, 2.05) is 17.7 Å². The zero-order valence-electron chi connectivity index (χ0n) is 16.9. The Kier molecular flexibility index (Phi) is 5.16. The number of hydrogen-bond donors (Lipinski definition) is 1. The minimum absolute atomic E-state index is 0.208. The van der Waals surface area contributed by atoms with E-state index in [9.17, 15) is 4.79 Å². The molecule has 4 aromatic rings. The first-order chi connectivity index (χ1) is 14.1. The highest BCUT2D eigenvalue weighted by Gasteiger charge is 2.16. The Morgan fingerprint density at radius 3 is 2.62 bits per heavy atom. The Morgan fingerprint density at radius 2 is 1.90 bits per heavy atom. The van der Waals surface area contributed by atoms with Crippen molar-refractivity contribution in [2.24, 2.45) is 0 Å². The number of amides is 1. The summed E-state index contributed by atoms with van der Waals surface area (Å²) in [6, 6.07) is 15.3. The van der Waals surface area contributed by atoms with Gasteiger partial charge in [-0.25, -0.2) is 9.67 Å². The van der Waals surface area contributed by atoms with E-state index < -0.39 is 0 Å². The number of nitrogens with zero attached hydrogens (tertiary/aromatic N) is 3. The fourth-order valence-corrected chi connectivity index (χ4v) is 3.39. The molecule has 6 nitrogen and oxygen atoms in total. The third kappa shape index (κ3) is 3.78. The van der Waals surface area contributed by atoms with Gasteiger partial charge in [0, 0.05) is 17.5 Å². The fraction of sp³-hybridized carbons (Fsp3) is 0.261. The molecule has 148 valence electrons. The average molecular weight is 388 g/mol. The number of aryl methyl sites for hydroxylation is 2. The molecular weight excluding hydrogens is 364 g/mol. The van der Waals surface area contributed by atoms with Crippen LogP contribution in [0.5, 0.6) is 5.75 Å². The molecule has 0 atom stereocenters. The van der Waals surface area contributed by atoms with Gasteiger partial charge in [0.15, 0.2) is 11.5 Å². The second-order valence-electron chi connectivity index (χ2n) is 7.04. The van der Waals surface area contributed by atoms with E-state index in [2.05, 4.69) is 42.5 Å². The highest BCUT2D eigenvalue weighted by molar-refractivity contribution is 6.08. The van der Waals surface area contributed by atoms with Crippen LogP contribution in [0.1, 0.15) is 36.2 Å². The van der Waals surface area contributed by atoms with Crippen LogP contribution in [0.2, 0.25) is 0 Å². The van der Waals surface area contributed by atoms with Crippen LogP contribution in [0.15, 0.2) is 48.5 Å². The highest BCUT2D eigenvalue weighted by Crippen LogP contribution is 2.27. The van der Waals surface area contributed by atoms with Crippen molar-refractivity contribution in [1.82, 2.24) is 14.8 Å². The molecule has 6 heteroatoms. The van der Waals surface area contributed by atoms with Gasteiger partial charge in [0.2, 0.25) is 0 Å². The Balaban J connectivity index is 1.72. The number of hydrogen-bond acceptors (Lipinski definition) is 4. The summed E-state index contributed by atoms with van der Waals surface area (Å²) in [4.78, 5) is 17.6. The smallest absolute Gasteiger partial charge is 0.256 e. The van der Waals surface area contributed by atoms with Crippen molar-refractivity contribution in [3.8, 4) is 5.75 Å². The van der Waals surface area contributed by atoms with E-state index in [-0.39, 0.29) is 5.91 Å². The minimum atomic E-state index is -0.208. The average Bonchev–Trinajstić information content (AvgIpc) is 3.03. The van der Waals surface area contributed by atoms with Crippen molar-refractivity contribution in [3.63, 3.8) is 0 Å². The molecule has 0 radical (unpaired) electrons. The zero-order valence-corrected chi connectivity index (χ0v) is 16.9. The first-order valence-electron chi connectivity index (χ1n) is 9.91. The molecule has 29 heavy (non-hydrogen) atoms. The SMILES string of the molecule is CCCn1nc(NC(=O)c2ccc(OCC)cc2)c2cc3cc(C)ccc3nc21. The number of carbonyl (C=O) groups excluding carboxylic acids is 1. The van der Waals surface area contributed by atoms with Crippen molar-refractivity contribution in [2.75, 3.05) is 11.9 Å². The largest absolute Gasteiger partial charge is 0.494 e. The number of fused-ring (bicyclic) bond motifs is 2. The predicted molar refractivity (Wildman–Crippen MR) is 116 cm³/mol. The first kappa shape index (κ1) is 18.9. The van der Waals surface area contributed by atoms with E-state index in [1.54, 1.807) is 24.3 Å². The predicted octanol–water partition coefficient (Wildman–Crippen LogP) is 4.95. The van der Waals surface area contributed by atoms with Gasteiger partial charge < -0.3 is 10.1 Å². The van der Waals surface area contributed by atoms with Crippen LogP contribution >= 0.6 is 0 Å². The number of carbonyl (C=O) groups is 1. The molecule has 2 aromatic heterocycles. The summed E-state index contributed by atoms with van der Waals surface area (Å²) in [5.74, 6) is 1.07. The Labute approximate surface area is 169 Å². The standard InChI is InChI=1S/C23H24N4O2/c1-4-12-27-22-19(14-17-13-15(3)6-11-20(17)24-22)21(26-27)25-23(28)16-7-9-18(10-8-16)29-5-2/h6-11,13-14H,4-5,12H2,1-3H3,(H,25,26,28). The molecule has 0 aliphatic carbocycles. The van der Waals surface area contributed by atoms with E-state index in [4.69, 9.17) is 9.72 Å². The van der Waals surface area contributed by atoms with Crippen molar-refractivity contribution in [2.45, 2.75) is 33.7 Å². The molecule has 1 N–H and O–H groups in total. The molecule has 0 bridgehead atoms. The maximum Gasteiger partial charge on any atom is 0.256 e. The van der Waals surface area contributed by atoms with Gasteiger partial charge in [0.05, 0.1) is 17.5 Å². The summed E-state index contributed by atoms with van der Waals surface area (Å²) in [6.45, 7) is 7.40. The summed E-state index contributed by atoms with van der Waals surface area (Å²) in [5.41, 5.74) is 3.42. The van der Waals surface area contributed by atoms with E-state index >= 15 is 0 Å². The second-order valence-corrected chi connectivity index (χ2v) is 7.04. The summed E-state index contributed by atoms with van der Waals surface area (Å²) in [5, 5.41) is 9.47. The molecule has 1 amide bonds. The zero-order chi connectivity index (χ0) is 20.4. The third-order valence-electron chi connectivity index (χ3n) is 4.77. The molecule has 2 aromatic carbocycles. The number of ether oxygens (including phenoxy) is 1. The molecule has 0 saturated heterocycles. The molecule has 0 aliphatic rings. The molecule has 0 fully saturated rings. The van der Waals surface area contributed by atoms with Crippen LogP contribution in [0, 0.1) is 6.92 Å². The lowest BCUT2D eigenvalue weighted by atomic mass is 10.1. The fourth-order valence-electron chi connectivity index (χ4n) is 3.39. The van der Waals surface area contributed by atoms with Crippen LogP contribution < -0.4 is 10.1 Å². The topological polar surface area (TPSA) is 69.0 Å². The first-order valence-corrected chi connectivity index (χ1v) is 9.91. The molecule has 4 rings (SSSR count). The van der Waals surface area contributed by atoms with Crippen LogP contribution in [-0.2, 0) is 6.54 Å². The maximum atomic E-state index is 12.8. The van der Waals surface area contributed by atoms with Gasteiger partial charge in [-0.05, 0) is 62.7 Å². The van der Waals surface area contributed by atoms with Gasteiger partial charge in [-0.1, -0.05) is 18.6 Å². The lowest BCUT2D eigenvalue weighted by molar-refractivity contribution is 0.102. The molecule has 2 heterocycles. The van der Waals surface area contributed by atoms with Crippen LogP contribution in [0.25, 0.3) is 21.9 Å². The highest BCUT2D eigenvalue weighted by atomic mass is 16.5. The van der Waals surface area contributed by atoms with Gasteiger partial charge in [0.1, 0.15) is 5.75 Å². The molecule has 0 unspecified atom stereocenters. The number of anilines is 1. The summed E-state index contributed by atoms with van der Waals surface area (Å²) < 4.78 is 7.31. The second kappa shape index (κ2) is 7.91. The molecular formula is C23H24N4O2. The molecule has 0 saturated carbocycles. The number of pyridine rings is 1.